The van der Waals surface area contributed by atoms with Gasteiger partial charge in [-0.2, -0.15) is 0 Å². The van der Waals surface area contributed by atoms with Gasteiger partial charge in [0.25, 0.3) is 0 Å². The molecule has 0 fully saturated rings. The minimum absolute atomic E-state index is 0.104. The fraction of sp³-hybridized carbons (Fsp3) is 0.946. The van der Waals surface area contributed by atoms with E-state index in [1.54, 1.807) is 0 Å². The second-order valence-electron chi connectivity index (χ2n) is 27.2. The van der Waals surface area contributed by atoms with Gasteiger partial charge in [-0.3, -0.25) is 37.3 Å². The molecule has 3 N–H and O–H groups in total. The fourth-order valence-electron chi connectivity index (χ4n) is 11.2. The first kappa shape index (κ1) is 91.1. The molecule has 0 aliphatic carbocycles. The Morgan fingerprint density at radius 1 is 0.301 bits per heavy atom. The summed E-state index contributed by atoms with van der Waals surface area (Å²) in [6.07, 6.45) is 53.3. The highest BCUT2D eigenvalue weighted by Gasteiger charge is 2.30. The van der Waals surface area contributed by atoms with Gasteiger partial charge < -0.3 is 33.8 Å². The molecule has 0 aromatic heterocycles. The smallest absolute Gasteiger partial charge is 0.462 e. The second kappa shape index (κ2) is 66.0. The fourth-order valence-corrected chi connectivity index (χ4v) is 12.8. The lowest BCUT2D eigenvalue weighted by Gasteiger charge is -2.21. The zero-order valence-electron chi connectivity index (χ0n) is 60.6. The maximum atomic E-state index is 13.1. The monoisotopic (exact) mass is 1370 g/mol. The van der Waals surface area contributed by atoms with E-state index in [0.717, 1.165) is 115 Å². The first-order valence-electron chi connectivity index (χ1n) is 38.6. The number of carbonyl (C=O) groups excluding carboxylic acids is 4. The molecule has 7 atom stereocenters. The Morgan fingerprint density at radius 2 is 0.516 bits per heavy atom. The molecule has 0 amide bonds. The lowest BCUT2D eigenvalue weighted by atomic mass is 9.99. The first-order chi connectivity index (χ1) is 44.9. The van der Waals surface area contributed by atoms with Gasteiger partial charge in [-0.1, -0.05) is 330 Å². The highest BCUT2D eigenvalue weighted by molar-refractivity contribution is 7.47. The lowest BCUT2D eigenvalue weighted by Crippen LogP contribution is -2.30. The molecular formula is C74H144O17P2. The molecule has 4 unspecified atom stereocenters. The second-order valence-corrected chi connectivity index (χ2v) is 30.1. The van der Waals surface area contributed by atoms with Gasteiger partial charge in [-0.25, -0.2) is 9.13 Å². The van der Waals surface area contributed by atoms with Crippen molar-refractivity contribution < 1.29 is 80.2 Å². The summed E-state index contributed by atoms with van der Waals surface area (Å²) < 4.78 is 68.1. The van der Waals surface area contributed by atoms with Crippen LogP contribution in [0.3, 0.4) is 0 Å². The number of ether oxygens (including phenoxy) is 4. The lowest BCUT2D eigenvalue weighted by molar-refractivity contribution is -0.161. The molecule has 0 aromatic carbocycles. The van der Waals surface area contributed by atoms with Gasteiger partial charge in [-0.15, -0.1) is 0 Å². The molecule has 0 bridgehead atoms. The number of carbonyl (C=O) groups is 4. The molecule has 19 heteroatoms. The quantitative estimate of drug-likeness (QED) is 0.0222. The van der Waals surface area contributed by atoms with Crippen molar-refractivity contribution in [3.05, 3.63) is 0 Å². The predicted octanol–water partition coefficient (Wildman–Crippen LogP) is 21.6. The summed E-state index contributed by atoms with van der Waals surface area (Å²) in [4.78, 5) is 72.3. The highest BCUT2D eigenvalue weighted by atomic mass is 31.2. The number of unbranched alkanes of at least 4 members (excludes halogenated alkanes) is 41. The number of hydrogen-bond donors (Lipinski definition) is 3. The van der Waals surface area contributed by atoms with Gasteiger partial charge in [0.15, 0.2) is 12.2 Å². The van der Waals surface area contributed by atoms with Crippen molar-refractivity contribution >= 4 is 39.5 Å². The standard InChI is InChI=1S/C74H144O17P2/c1-7-11-13-15-16-39-46-52-58-73(78)90-69(62-84-71(76)56-50-42-14-12-8-2)64-88-92(80,81)86-60-68(75)61-87-93(82,83)89-65-70(63-85-72(77)57-51-45-40-35-31-27-24-23-26-30-34-38-44-49-55-67(6)10-4)91-74(79)59-53-47-41-36-32-28-22-20-18-17-19-21-25-29-33-37-43-48-54-66(5)9-3/h66-70,75H,7-65H2,1-6H3,(H,80,81)(H,82,83)/t66?,67?,68-,69+,70+/m0/s1. The molecule has 552 valence electrons. The number of hydrogen-bond acceptors (Lipinski definition) is 15. The molecule has 0 radical (unpaired) electrons. The van der Waals surface area contributed by atoms with E-state index in [1.165, 1.54) is 186 Å². The van der Waals surface area contributed by atoms with Crippen LogP contribution in [0.5, 0.6) is 0 Å². The minimum Gasteiger partial charge on any atom is -0.462 e. The third-order valence-corrected chi connectivity index (χ3v) is 19.8. The topological polar surface area (TPSA) is 237 Å². The molecular weight excluding hydrogens is 1220 g/mol. The summed E-state index contributed by atoms with van der Waals surface area (Å²) in [6.45, 7) is 9.58. The first-order valence-corrected chi connectivity index (χ1v) is 41.6. The number of aliphatic hydroxyl groups is 1. The van der Waals surface area contributed by atoms with Gasteiger partial charge in [-0.05, 0) is 37.5 Å². The number of phosphoric ester groups is 2. The van der Waals surface area contributed by atoms with Gasteiger partial charge in [0.05, 0.1) is 26.4 Å². The van der Waals surface area contributed by atoms with Crippen molar-refractivity contribution in [1.29, 1.82) is 0 Å². The molecule has 0 rings (SSSR count). The molecule has 0 saturated carbocycles. The highest BCUT2D eigenvalue weighted by Crippen LogP contribution is 2.45. The third kappa shape index (κ3) is 65.8. The van der Waals surface area contributed by atoms with Crippen LogP contribution in [0.15, 0.2) is 0 Å². The SMILES string of the molecule is CCCCCCCCCCC(=O)O[C@H](COC(=O)CCCCCCC)COP(=O)(O)OC[C@H](O)COP(=O)(O)OC[C@@H](COC(=O)CCCCCCCCCCCCCCCCC(C)CC)OC(=O)CCCCCCCCCCCCCCCCCCCCC(C)CC. The van der Waals surface area contributed by atoms with E-state index in [-0.39, 0.29) is 25.7 Å². The molecule has 0 aromatic rings. The van der Waals surface area contributed by atoms with Gasteiger partial charge in [0.1, 0.15) is 19.3 Å². The van der Waals surface area contributed by atoms with Crippen LogP contribution in [0, 0.1) is 11.8 Å². The predicted molar refractivity (Wildman–Crippen MR) is 377 cm³/mol. The molecule has 93 heavy (non-hydrogen) atoms. The Hall–Kier alpha value is -1.94. The third-order valence-electron chi connectivity index (χ3n) is 17.9. The number of esters is 4. The van der Waals surface area contributed by atoms with Crippen LogP contribution in [0.25, 0.3) is 0 Å². The van der Waals surface area contributed by atoms with Crippen molar-refractivity contribution in [2.75, 3.05) is 39.6 Å². The summed E-state index contributed by atoms with van der Waals surface area (Å²) in [6, 6.07) is 0. The Bertz CT molecular complexity index is 1810. The van der Waals surface area contributed by atoms with Crippen molar-refractivity contribution in [3.63, 3.8) is 0 Å². The van der Waals surface area contributed by atoms with Gasteiger partial charge in [0, 0.05) is 25.7 Å². The summed E-state index contributed by atoms with van der Waals surface area (Å²) in [5, 5.41) is 10.6. The van der Waals surface area contributed by atoms with E-state index in [9.17, 15) is 43.2 Å². The van der Waals surface area contributed by atoms with Gasteiger partial charge in [0.2, 0.25) is 0 Å². The molecule has 0 spiro atoms. The van der Waals surface area contributed by atoms with E-state index in [1.807, 2.05) is 0 Å². The molecule has 0 heterocycles. The maximum absolute atomic E-state index is 13.1. The largest absolute Gasteiger partial charge is 0.472 e. The van der Waals surface area contributed by atoms with Crippen molar-refractivity contribution in [2.45, 2.75) is 400 Å². The number of rotatable bonds is 73. The van der Waals surface area contributed by atoms with Gasteiger partial charge >= 0.3 is 39.5 Å². The normalized spacial score (nSPS) is 14.6. The van der Waals surface area contributed by atoms with Crippen LogP contribution >= 0.6 is 15.6 Å². The zero-order chi connectivity index (χ0) is 68.6. The van der Waals surface area contributed by atoms with E-state index in [4.69, 9.17) is 37.0 Å². The molecule has 0 aliphatic heterocycles. The zero-order valence-corrected chi connectivity index (χ0v) is 62.3. The van der Waals surface area contributed by atoms with E-state index in [2.05, 4.69) is 41.5 Å². The Balaban J connectivity index is 5.09. The summed E-state index contributed by atoms with van der Waals surface area (Å²) in [5.41, 5.74) is 0. The number of phosphoric acid groups is 2. The van der Waals surface area contributed by atoms with Crippen LogP contribution in [-0.2, 0) is 65.4 Å². The molecule has 0 saturated heterocycles. The number of aliphatic hydroxyl groups excluding tert-OH is 1. The summed E-state index contributed by atoms with van der Waals surface area (Å²) in [7, 11) is -9.89. The summed E-state index contributed by atoms with van der Waals surface area (Å²) >= 11 is 0. The van der Waals surface area contributed by atoms with Crippen molar-refractivity contribution in [3.8, 4) is 0 Å². The average Bonchev–Trinajstić information content (AvgIpc) is 3.41. The van der Waals surface area contributed by atoms with E-state index < -0.39 is 97.5 Å². The van der Waals surface area contributed by atoms with Crippen LogP contribution in [-0.4, -0.2) is 96.7 Å². The Labute approximate surface area is 568 Å². The Morgan fingerprint density at radius 3 is 0.763 bits per heavy atom. The minimum atomic E-state index is -4.95. The van der Waals surface area contributed by atoms with Crippen molar-refractivity contribution in [2.24, 2.45) is 11.8 Å². The maximum Gasteiger partial charge on any atom is 0.472 e. The molecule has 0 aliphatic rings. The van der Waals surface area contributed by atoms with Crippen molar-refractivity contribution in [1.82, 2.24) is 0 Å². The summed E-state index contributed by atoms with van der Waals surface area (Å²) in [5.74, 6) is -0.413. The average molecular weight is 1370 g/mol. The molecule has 17 nitrogen and oxygen atoms in total. The van der Waals surface area contributed by atoms with Crippen LogP contribution in [0.1, 0.15) is 382 Å². The van der Waals surface area contributed by atoms with E-state index >= 15 is 0 Å². The van der Waals surface area contributed by atoms with Crippen LogP contribution < -0.4 is 0 Å². The Kier molecular flexibility index (Phi) is 64.6. The van der Waals surface area contributed by atoms with Crippen LogP contribution in [0.2, 0.25) is 0 Å². The van der Waals surface area contributed by atoms with Crippen LogP contribution in [0.4, 0.5) is 0 Å². The van der Waals surface area contributed by atoms with E-state index in [0.29, 0.717) is 25.7 Å².